The molecule has 0 radical (unpaired) electrons. The third-order valence-corrected chi connectivity index (χ3v) is 4.42. The highest BCUT2D eigenvalue weighted by atomic mass is 16.7. The summed E-state index contributed by atoms with van der Waals surface area (Å²) in [5, 5.41) is 0. The Morgan fingerprint density at radius 3 is 2.28 bits per heavy atom. The van der Waals surface area contributed by atoms with Gasteiger partial charge in [0.15, 0.2) is 6.29 Å². The number of nitrogens with two attached hydrogens (primary N) is 1. The Hall–Kier alpha value is -0.160. The number of rotatable bonds is 9. The first-order valence-corrected chi connectivity index (χ1v) is 7.10. The largest absolute Gasteiger partial charge is 0.356 e. The first-order valence-electron chi connectivity index (χ1n) is 7.10. The monoisotopic (exact) mass is 258 g/mol. The molecule has 0 spiro atoms. The summed E-state index contributed by atoms with van der Waals surface area (Å²) < 4.78 is 10.7. The highest BCUT2D eigenvalue weighted by Crippen LogP contribution is 2.31. The van der Waals surface area contributed by atoms with Crippen molar-refractivity contribution in [3.63, 3.8) is 0 Å². The lowest BCUT2D eigenvalue weighted by molar-refractivity contribution is -0.129. The molecule has 1 aliphatic rings. The second-order valence-electron chi connectivity index (χ2n) is 5.64. The van der Waals surface area contributed by atoms with Crippen molar-refractivity contribution in [3.8, 4) is 0 Å². The van der Waals surface area contributed by atoms with E-state index in [4.69, 9.17) is 15.2 Å². The van der Waals surface area contributed by atoms with E-state index >= 15 is 0 Å². The molecular formula is C14H30N2O2. The summed E-state index contributed by atoms with van der Waals surface area (Å²) in [5.41, 5.74) is 5.98. The Kier molecular flexibility index (Phi) is 6.57. The molecule has 1 atom stereocenters. The van der Waals surface area contributed by atoms with Crippen LogP contribution in [0.1, 0.15) is 39.5 Å². The Morgan fingerprint density at radius 2 is 1.94 bits per heavy atom. The van der Waals surface area contributed by atoms with Crippen molar-refractivity contribution in [2.75, 3.05) is 33.9 Å². The van der Waals surface area contributed by atoms with Gasteiger partial charge in [-0.3, -0.25) is 4.90 Å². The van der Waals surface area contributed by atoms with Crippen LogP contribution in [0.4, 0.5) is 0 Å². The molecule has 0 bridgehead atoms. The van der Waals surface area contributed by atoms with Crippen LogP contribution in [0.15, 0.2) is 0 Å². The molecule has 1 unspecified atom stereocenters. The van der Waals surface area contributed by atoms with Gasteiger partial charge in [0.1, 0.15) is 0 Å². The van der Waals surface area contributed by atoms with Crippen LogP contribution in [-0.4, -0.2) is 50.6 Å². The van der Waals surface area contributed by atoms with E-state index in [0.717, 1.165) is 25.4 Å². The molecule has 1 fully saturated rings. The van der Waals surface area contributed by atoms with E-state index in [-0.39, 0.29) is 11.8 Å². The van der Waals surface area contributed by atoms with Gasteiger partial charge in [0.25, 0.3) is 0 Å². The third kappa shape index (κ3) is 3.92. The van der Waals surface area contributed by atoms with Crippen molar-refractivity contribution in [1.82, 2.24) is 4.90 Å². The minimum atomic E-state index is -0.172. The predicted molar refractivity (Wildman–Crippen MR) is 74.5 cm³/mol. The third-order valence-electron chi connectivity index (χ3n) is 4.42. The molecule has 0 aromatic carbocycles. The van der Waals surface area contributed by atoms with Crippen molar-refractivity contribution in [1.29, 1.82) is 0 Å². The van der Waals surface area contributed by atoms with E-state index in [1.54, 1.807) is 14.2 Å². The molecule has 0 amide bonds. The average molecular weight is 258 g/mol. The molecule has 0 aromatic heterocycles. The summed E-state index contributed by atoms with van der Waals surface area (Å²) in [6.07, 6.45) is 4.77. The zero-order valence-electron chi connectivity index (χ0n) is 12.4. The normalized spacial score (nSPS) is 20.2. The average Bonchev–Trinajstić information content (AvgIpc) is 2.34. The zero-order chi connectivity index (χ0) is 13.6. The van der Waals surface area contributed by atoms with E-state index in [2.05, 4.69) is 18.7 Å². The van der Waals surface area contributed by atoms with E-state index in [1.165, 1.54) is 19.3 Å². The van der Waals surface area contributed by atoms with Crippen molar-refractivity contribution in [2.45, 2.75) is 51.4 Å². The number of hydrogen-bond donors (Lipinski definition) is 1. The smallest absolute Gasteiger partial charge is 0.158 e. The summed E-state index contributed by atoms with van der Waals surface area (Å²) in [4.78, 5) is 2.50. The summed E-state index contributed by atoms with van der Waals surface area (Å²) >= 11 is 0. The van der Waals surface area contributed by atoms with Gasteiger partial charge in [0.05, 0.1) is 0 Å². The van der Waals surface area contributed by atoms with Crippen LogP contribution in [0.2, 0.25) is 0 Å². The molecule has 4 heteroatoms. The molecule has 2 N–H and O–H groups in total. The zero-order valence-corrected chi connectivity index (χ0v) is 12.4. The molecule has 4 nitrogen and oxygen atoms in total. The van der Waals surface area contributed by atoms with Crippen molar-refractivity contribution in [2.24, 2.45) is 11.7 Å². The van der Waals surface area contributed by atoms with E-state index in [0.29, 0.717) is 6.54 Å². The van der Waals surface area contributed by atoms with E-state index in [9.17, 15) is 0 Å². The number of ether oxygens (including phenoxy) is 2. The fraction of sp³-hybridized carbons (Fsp3) is 1.00. The van der Waals surface area contributed by atoms with Gasteiger partial charge < -0.3 is 15.2 Å². The lowest BCUT2D eigenvalue weighted by Crippen LogP contribution is -2.55. The molecule has 108 valence electrons. The quantitative estimate of drug-likeness (QED) is 0.641. The number of methoxy groups -OCH3 is 2. The molecule has 0 aromatic rings. The molecule has 18 heavy (non-hydrogen) atoms. The SMILES string of the molecule is CCN(CC1CCC1)C(C)(CN)CC(OC)OC. The van der Waals surface area contributed by atoms with Crippen LogP contribution >= 0.6 is 0 Å². The van der Waals surface area contributed by atoms with E-state index < -0.39 is 0 Å². The first kappa shape index (κ1) is 15.9. The minimum absolute atomic E-state index is 0.0406. The van der Waals surface area contributed by atoms with Crippen molar-refractivity contribution < 1.29 is 9.47 Å². The summed E-state index contributed by atoms with van der Waals surface area (Å²) in [6.45, 7) is 7.26. The molecule has 1 rings (SSSR count). The van der Waals surface area contributed by atoms with Gasteiger partial charge in [0, 0.05) is 39.3 Å². The van der Waals surface area contributed by atoms with Gasteiger partial charge in [-0.1, -0.05) is 13.3 Å². The predicted octanol–water partition coefficient (Wildman–Crippen LogP) is 1.83. The van der Waals surface area contributed by atoms with Gasteiger partial charge in [0.2, 0.25) is 0 Å². The number of hydrogen-bond acceptors (Lipinski definition) is 4. The van der Waals surface area contributed by atoms with Gasteiger partial charge in [-0.15, -0.1) is 0 Å². The van der Waals surface area contributed by atoms with Crippen LogP contribution in [0, 0.1) is 5.92 Å². The molecule has 0 aliphatic heterocycles. The molecular weight excluding hydrogens is 228 g/mol. The second kappa shape index (κ2) is 7.43. The molecule has 1 aliphatic carbocycles. The lowest BCUT2D eigenvalue weighted by atomic mass is 9.83. The van der Waals surface area contributed by atoms with E-state index in [1.807, 2.05) is 0 Å². The van der Waals surface area contributed by atoms with Crippen LogP contribution in [0.3, 0.4) is 0 Å². The summed E-state index contributed by atoms with van der Waals surface area (Å²) in [5.74, 6) is 0.861. The topological polar surface area (TPSA) is 47.7 Å². The number of likely N-dealkylation sites (N-methyl/N-ethyl adjacent to an activating group) is 1. The second-order valence-corrected chi connectivity index (χ2v) is 5.64. The number of nitrogens with zero attached hydrogens (tertiary/aromatic N) is 1. The van der Waals surface area contributed by atoms with Gasteiger partial charge >= 0.3 is 0 Å². The Labute approximate surface area is 112 Å². The fourth-order valence-electron chi connectivity index (χ4n) is 2.68. The Bertz CT molecular complexity index is 230. The molecule has 0 saturated heterocycles. The summed E-state index contributed by atoms with van der Waals surface area (Å²) in [6, 6.07) is 0. The van der Waals surface area contributed by atoms with Crippen LogP contribution in [-0.2, 0) is 9.47 Å². The van der Waals surface area contributed by atoms with Crippen molar-refractivity contribution >= 4 is 0 Å². The lowest BCUT2D eigenvalue weighted by Gasteiger charge is -2.44. The van der Waals surface area contributed by atoms with Crippen LogP contribution in [0.25, 0.3) is 0 Å². The van der Waals surface area contributed by atoms with Gasteiger partial charge in [-0.05, 0) is 32.2 Å². The molecule has 0 heterocycles. The minimum Gasteiger partial charge on any atom is -0.356 e. The van der Waals surface area contributed by atoms with Gasteiger partial charge in [-0.25, -0.2) is 0 Å². The maximum absolute atomic E-state index is 6.02. The summed E-state index contributed by atoms with van der Waals surface area (Å²) in [7, 11) is 3.38. The van der Waals surface area contributed by atoms with Crippen molar-refractivity contribution in [3.05, 3.63) is 0 Å². The Balaban J connectivity index is 2.62. The fourth-order valence-corrected chi connectivity index (χ4v) is 2.68. The van der Waals surface area contributed by atoms with Gasteiger partial charge in [-0.2, -0.15) is 0 Å². The highest BCUT2D eigenvalue weighted by molar-refractivity contribution is 4.90. The first-order chi connectivity index (χ1) is 8.59. The standard InChI is InChI=1S/C14H30N2O2/c1-5-16(10-12-7-6-8-12)14(2,11-15)9-13(17-3)18-4/h12-13H,5-11,15H2,1-4H3. The van der Waals surface area contributed by atoms with Crippen LogP contribution in [0.5, 0.6) is 0 Å². The Morgan fingerprint density at radius 1 is 1.33 bits per heavy atom. The maximum Gasteiger partial charge on any atom is 0.158 e. The maximum atomic E-state index is 6.02. The highest BCUT2D eigenvalue weighted by Gasteiger charge is 2.34. The molecule has 1 saturated carbocycles. The van der Waals surface area contributed by atoms with Crippen LogP contribution < -0.4 is 5.73 Å².